The molecule has 18 heavy (non-hydrogen) atoms. The third kappa shape index (κ3) is 3.84. The summed E-state index contributed by atoms with van der Waals surface area (Å²) in [4.78, 5) is 11.9. The fourth-order valence-corrected chi connectivity index (χ4v) is 3.01. The molecule has 2 rings (SSSR count). The lowest BCUT2D eigenvalue weighted by Crippen LogP contribution is -2.05. The minimum absolute atomic E-state index is 0.0455. The highest BCUT2D eigenvalue weighted by molar-refractivity contribution is 14.1. The van der Waals surface area contributed by atoms with Crippen LogP contribution in [0.5, 0.6) is 0 Å². The molecule has 0 aromatic heterocycles. The van der Waals surface area contributed by atoms with E-state index < -0.39 is 0 Å². The molecule has 1 aliphatic carbocycles. The molecule has 1 fully saturated rings. The van der Waals surface area contributed by atoms with Gasteiger partial charge in [-0.05, 0) is 59.4 Å². The summed E-state index contributed by atoms with van der Waals surface area (Å²) in [6.07, 6.45) is 7.48. The summed E-state index contributed by atoms with van der Waals surface area (Å²) in [7, 11) is 0. The fraction of sp³-hybridized carbons (Fsp3) is 0.438. The van der Waals surface area contributed by atoms with Gasteiger partial charge < -0.3 is 0 Å². The Labute approximate surface area is 122 Å². The van der Waals surface area contributed by atoms with Crippen molar-refractivity contribution in [2.75, 3.05) is 0 Å². The Morgan fingerprint density at radius 3 is 2.67 bits per heavy atom. The van der Waals surface area contributed by atoms with Crippen molar-refractivity contribution in [1.82, 2.24) is 0 Å². The maximum Gasteiger partial charge on any atom is 0.236 e. The Balaban J connectivity index is 1.93. The Hall–Kier alpha value is -0.820. The zero-order valence-electron chi connectivity index (χ0n) is 10.4. The first-order chi connectivity index (χ1) is 8.77. The SMILES string of the molecule is O=C(C#CCC1CCCCC1)c1ccccc1I. The number of carbonyl (C=O) groups is 1. The average Bonchev–Trinajstić information content (AvgIpc) is 2.40. The molecule has 0 unspecified atom stereocenters. The van der Waals surface area contributed by atoms with Gasteiger partial charge >= 0.3 is 0 Å². The molecule has 0 saturated heterocycles. The van der Waals surface area contributed by atoms with E-state index in [-0.39, 0.29) is 5.78 Å². The number of hydrogen-bond donors (Lipinski definition) is 0. The number of Topliss-reactive ketones (excluding diaryl/α,β-unsaturated/α-hetero) is 1. The molecule has 0 spiro atoms. The highest BCUT2D eigenvalue weighted by Crippen LogP contribution is 2.25. The van der Waals surface area contributed by atoms with Crippen LogP contribution in [0.4, 0.5) is 0 Å². The van der Waals surface area contributed by atoms with Gasteiger partial charge in [0.25, 0.3) is 0 Å². The van der Waals surface area contributed by atoms with E-state index >= 15 is 0 Å². The summed E-state index contributed by atoms with van der Waals surface area (Å²) in [5.41, 5.74) is 0.731. The van der Waals surface area contributed by atoms with Crippen LogP contribution in [0.2, 0.25) is 0 Å². The van der Waals surface area contributed by atoms with Crippen LogP contribution in [0.25, 0.3) is 0 Å². The summed E-state index contributed by atoms with van der Waals surface area (Å²) >= 11 is 2.18. The first kappa shape index (κ1) is 13.6. The van der Waals surface area contributed by atoms with Crippen molar-refractivity contribution >= 4 is 28.4 Å². The van der Waals surface area contributed by atoms with E-state index in [0.717, 1.165) is 15.6 Å². The third-order valence-electron chi connectivity index (χ3n) is 3.44. The van der Waals surface area contributed by atoms with Crippen molar-refractivity contribution in [2.24, 2.45) is 5.92 Å². The number of halogens is 1. The van der Waals surface area contributed by atoms with E-state index in [1.807, 2.05) is 24.3 Å². The monoisotopic (exact) mass is 352 g/mol. The number of carbonyl (C=O) groups excluding carboxylic acids is 1. The summed E-state index contributed by atoms with van der Waals surface area (Å²) in [6, 6.07) is 7.61. The van der Waals surface area contributed by atoms with Gasteiger partial charge in [-0.15, -0.1) is 0 Å². The van der Waals surface area contributed by atoms with Gasteiger partial charge in [0, 0.05) is 15.6 Å². The molecule has 1 aromatic carbocycles. The smallest absolute Gasteiger partial charge is 0.236 e. The minimum Gasteiger partial charge on any atom is -0.279 e. The normalized spacial score (nSPS) is 15.8. The Morgan fingerprint density at radius 1 is 1.22 bits per heavy atom. The van der Waals surface area contributed by atoms with Crippen LogP contribution in [0.15, 0.2) is 24.3 Å². The lowest BCUT2D eigenvalue weighted by atomic mass is 9.87. The largest absolute Gasteiger partial charge is 0.279 e. The second-order valence-corrected chi connectivity index (χ2v) is 5.98. The van der Waals surface area contributed by atoms with Crippen molar-refractivity contribution in [3.8, 4) is 11.8 Å². The number of rotatable bonds is 2. The second-order valence-electron chi connectivity index (χ2n) is 4.82. The zero-order valence-corrected chi connectivity index (χ0v) is 12.6. The molecule has 94 valence electrons. The van der Waals surface area contributed by atoms with Gasteiger partial charge in [-0.3, -0.25) is 4.79 Å². The average molecular weight is 352 g/mol. The van der Waals surface area contributed by atoms with E-state index in [2.05, 4.69) is 34.4 Å². The maximum atomic E-state index is 11.9. The maximum absolute atomic E-state index is 11.9. The quantitative estimate of drug-likeness (QED) is 0.333. The zero-order chi connectivity index (χ0) is 12.8. The lowest BCUT2D eigenvalue weighted by Gasteiger charge is -2.18. The van der Waals surface area contributed by atoms with Gasteiger partial charge in [-0.1, -0.05) is 37.3 Å². The molecule has 1 nitrogen and oxygen atoms in total. The number of hydrogen-bond acceptors (Lipinski definition) is 1. The van der Waals surface area contributed by atoms with Crippen LogP contribution in [-0.4, -0.2) is 5.78 Å². The highest BCUT2D eigenvalue weighted by Gasteiger charge is 2.12. The van der Waals surface area contributed by atoms with E-state index in [4.69, 9.17) is 0 Å². The fourth-order valence-electron chi connectivity index (χ4n) is 2.38. The van der Waals surface area contributed by atoms with Gasteiger partial charge in [0.15, 0.2) is 0 Å². The van der Waals surface area contributed by atoms with Crippen molar-refractivity contribution in [3.05, 3.63) is 33.4 Å². The molecule has 0 N–H and O–H groups in total. The van der Waals surface area contributed by atoms with Crippen LogP contribution >= 0.6 is 22.6 Å². The third-order valence-corrected chi connectivity index (χ3v) is 4.38. The van der Waals surface area contributed by atoms with Crippen LogP contribution in [-0.2, 0) is 0 Å². The van der Waals surface area contributed by atoms with Gasteiger partial charge in [-0.25, -0.2) is 0 Å². The molecular weight excluding hydrogens is 335 g/mol. The Bertz CT molecular complexity index is 475. The molecule has 2 heteroatoms. The molecule has 0 radical (unpaired) electrons. The van der Waals surface area contributed by atoms with Crippen LogP contribution < -0.4 is 0 Å². The van der Waals surface area contributed by atoms with E-state index in [9.17, 15) is 4.79 Å². The lowest BCUT2D eigenvalue weighted by molar-refractivity contribution is 0.105. The van der Waals surface area contributed by atoms with Crippen LogP contribution in [0, 0.1) is 21.3 Å². The second kappa shape index (κ2) is 6.94. The van der Waals surface area contributed by atoms with E-state index in [1.54, 1.807) is 0 Å². The first-order valence-corrected chi connectivity index (χ1v) is 7.63. The molecule has 1 aromatic rings. The molecule has 0 bridgehead atoms. The van der Waals surface area contributed by atoms with Crippen molar-refractivity contribution < 1.29 is 4.79 Å². The number of benzene rings is 1. The van der Waals surface area contributed by atoms with Gasteiger partial charge in [0.1, 0.15) is 0 Å². The summed E-state index contributed by atoms with van der Waals surface area (Å²) in [6.45, 7) is 0. The molecule has 0 atom stereocenters. The van der Waals surface area contributed by atoms with Crippen LogP contribution in [0.1, 0.15) is 48.9 Å². The Morgan fingerprint density at radius 2 is 1.94 bits per heavy atom. The predicted octanol–water partition coefficient (Wildman–Crippen LogP) is 4.45. The molecule has 1 saturated carbocycles. The standard InChI is InChI=1S/C16H17IO/c17-15-11-5-4-10-14(15)16(18)12-6-9-13-7-2-1-3-8-13/h4-5,10-11,13H,1-3,7-9H2. The van der Waals surface area contributed by atoms with Crippen LogP contribution in [0.3, 0.4) is 0 Å². The van der Waals surface area contributed by atoms with Gasteiger partial charge in [0.05, 0.1) is 0 Å². The minimum atomic E-state index is -0.0455. The van der Waals surface area contributed by atoms with E-state index in [0.29, 0.717) is 5.92 Å². The van der Waals surface area contributed by atoms with Crippen molar-refractivity contribution in [3.63, 3.8) is 0 Å². The van der Waals surface area contributed by atoms with Crippen molar-refractivity contribution in [2.45, 2.75) is 38.5 Å². The molecule has 1 aliphatic rings. The highest BCUT2D eigenvalue weighted by atomic mass is 127. The Kier molecular flexibility index (Phi) is 5.25. The number of ketones is 1. The topological polar surface area (TPSA) is 17.1 Å². The first-order valence-electron chi connectivity index (χ1n) is 6.55. The molecular formula is C16H17IO. The van der Waals surface area contributed by atoms with Crippen molar-refractivity contribution in [1.29, 1.82) is 0 Å². The predicted molar refractivity (Wildman–Crippen MR) is 82.5 cm³/mol. The molecule has 0 aliphatic heterocycles. The van der Waals surface area contributed by atoms with Gasteiger partial charge in [0.2, 0.25) is 5.78 Å². The molecule has 0 heterocycles. The summed E-state index contributed by atoms with van der Waals surface area (Å²) in [5.74, 6) is 6.54. The van der Waals surface area contributed by atoms with Gasteiger partial charge in [-0.2, -0.15) is 0 Å². The van der Waals surface area contributed by atoms with E-state index in [1.165, 1.54) is 32.1 Å². The summed E-state index contributed by atoms with van der Waals surface area (Å²) in [5, 5.41) is 0. The molecule has 0 amide bonds. The summed E-state index contributed by atoms with van der Waals surface area (Å²) < 4.78 is 0.979.